The van der Waals surface area contributed by atoms with Gasteiger partial charge in [0.2, 0.25) is 0 Å². The molecule has 0 radical (unpaired) electrons. The van der Waals surface area contributed by atoms with Crippen LogP contribution in [0.5, 0.6) is 0 Å². The molecule has 1 atom stereocenters. The molecule has 2 aromatic rings. The highest BCUT2D eigenvalue weighted by molar-refractivity contribution is 6.04. The molecule has 7 nitrogen and oxygen atoms in total. The number of aromatic nitrogens is 2. The Hall–Kier alpha value is -2.50. The Morgan fingerprint density at radius 1 is 1.27 bits per heavy atom. The number of amides is 1. The summed E-state index contributed by atoms with van der Waals surface area (Å²) in [5.41, 5.74) is 3.87. The predicted molar refractivity (Wildman–Crippen MR) is 111 cm³/mol. The SMILES string of the molecule is NCOCc1cc(NC(=O)c2c(C(F)(F)F)c(C3CC3)nn2CC2CCCCO2)ccc1F. The smallest absolute Gasteiger partial charge is 0.376 e. The molecule has 2 fully saturated rings. The van der Waals surface area contributed by atoms with Crippen molar-refractivity contribution in [3.8, 4) is 0 Å². The third kappa shape index (κ3) is 5.53. The van der Waals surface area contributed by atoms with Crippen LogP contribution in [0.2, 0.25) is 0 Å². The molecule has 2 heterocycles. The van der Waals surface area contributed by atoms with Gasteiger partial charge in [0.1, 0.15) is 17.1 Å². The minimum absolute atomic E-state index is 0.0531. The summed E-state index contributed by atoms with van der Waals surface area (Å²) in [5, 5.41) is 6.70. The molecule has 1 aromatic carbocycles. The lowest BCUT2D eigenvalue weighted by molar-refractivity contribution is -0.138. The summed E-state index contributed by atoms with van der Waals surface area (Å²) in [5.74, 6) is -1.85. The van der Waals surface area contributed by atoms with Gasteiger partial charge in [-0.25, -0.2) is 4.39 Å². The van der Waals surface area contributed by atoms with E-state index in [1.807, 2.05) is 0 Å². The third-order valence-corrected chi connectivity index (χ3v) is 5.77. The van der Waals surface area contributed by atoms with Crippen molar-refractivity contribution in [3.63, 3.8) is 0 Å². The van der Waals surface area contributed by atoms with Crippen molar-refractivity contribution < 1.29 is 31.8 Å². The number of halogens is 4. The van der Waals surface area contributed by atoms with Crippen LogP contribution in [-0.2, 0) is 28.8 Å². The Morgan fingerprint density at radius 3 is 2.70 bits per heavy atom. The average Bonchev–Trinajstić information content (AvgIpc) is 3.55. The van der Waals surface area contributed by atoms with Crippen LogP contribution < -0.4 is 11.1 Å². The van der Waals surface area contributed by atoms with Crippen molar-refractivity contribution in [2.24, 2.45) is 5.73 Å². The number of alkyl halides is 3. The second-order valence-corrected chi connectivity index (χ2v) is 8.33. The summed E-state index contributed by atoms with van der Waals surface area (Å²) < 4.78 is 68.1. The van der Waals surface area contributed by atoms with Crippen LogP contribution in [-0.4, -0.2) is 35.1 Å². The molecule has 11 heteroatoms. The van der Waals surface area contributed by atoms with Gasteiger partial charge in [-0.15, -0.1) is 0 Å². The van der Waals surface area contributed by atoms with E-state index in [-0.39, 0.29) is 48.8 Å². The quantitative estimate of drug-likeness (QED) is 0.446. The number of rotatable bonds is 8. The van der Waals surface area contributed by atoms with Crippen LogP contribution in [0, 0.1) is 5.82 Å². The Kier molecular flexibility index (Phi) is 7.01. The van der Waals surface area contributed by atoms with Gasteiger partial charge in [0.05, 0.1) is 31.7 Å². The van der Waals surface area contributed by atoms with E-state index in [1.54, 1.807) is 0 Å². The van der Waals surface area contributed by atoms with E-state index >= 15 is 0 Å². The molecule has 1 aliphatic heterocycles. The van der Waals surface area contributed by atoms with Gasteiger partial charge in [0.15, 0.2) is 0 Å². The maximum atomic E-state index is 14.1. The first-order valence-corrected chi connectivity index (χ1v) is 10.9. The highest BCUT2D eigenvalue weighted by Gasteiger charge is 2.46. The maximum Gasteiger partial charge on any atom is 0.420 e. The van der Waals surface area contributed by atoms with Gasteiger partial charge in [-0.05, 0) is 50.3 Å². The summed E-state index contributed by atoms with van der Waals surface area (Å²) in [6, 6.07) is 3.69. The molecule has 2 aliphatic rings. The van der Waals surface area contributed by atoms with Crippen LogP contribution in [0.4, 0.5) is 23.2 Å². The summed E-state index contributed by atoms with van der Waals surface area (Å²) in [6.07, 6.45) is -1.39. The largest absolute Gasteiger partial charge is 0.420 e. The van der Waals surface area contributed by atoms with Crippen molar-refractivity contribution in [1.29, 1.82) is 0 Å². The van der Waals surface area contributed by atoms with E-state index in [9.17, 15) is 22.4 Å². The maximum absolute atomic E-state index is 14.1. The number of nitrogens with one attached hydrogen (secondary N) is 1. The van der Waals surface area contributed by atoms with E-state index in [0.29, 0.717) is 25.9 Å². The van der Waals surface area contributed by atoms with Gasteiger partial charge < -0.3 is 20.5 Å². The second-order valence-electron chi connectivity index (χ2n) is 8.33. The molecule has 1 unspecified atom stereocenters. The number of hydrogen-bond acceptors (Lipinski definition) is 5. The fraction of sp³-hybridized carbons (Fsp3) is 0.545. The summed E-state index contributed by atoms with van der Waals surface area (Å²) in [6.45, 7) is 0.315. The molecule has 180 valence electrons. The molecule has 33 heavy (non-hydrogen) atoms. The Labute approximate surface area is 188 Å². The van der Waals surface area contributed by atoms with E-state index < -0.39 is 29.2 Å². The fourth-order valence-electron chi connectivity index (χ4n) is 4.03. The van der Waals surface area contributed by atoms with Crippen molar-refractivity contribution >= 4 is 11.6 Å². The highest BCUT2D eigenvalue weighted by Crippen LogP contribution is 2.46. The topological polar surface area (TPSA) is 91.4 Å². The molecule has 0 bridgehead atoms. The molecule has 3 N–H and O–H groups in total. The van der Waals surface area contributed by atoms with E-state index in [0.717, 1.165) is 23.6 Å². The number of carbonyl (C=O) groups is 1. The normalized spacial score (nSPS) is 19.0. The first-order valence-electron chi connectivity index (χ1n) is 10.9. The summed E-state index contributed by atoms with van der Waals surface area (Å²) >= 11 is 0. The number of hydrogen-bond donors (Lipinski definition) is 2. The van der Waals surface area contributed by atoms with Crippen LogP contribution in [0.25, 0.3) is 0 Å². The molecule has 4 rings (SSSR count). The Balaban J connectivity index is 1.67. The molecule has 1 saturated heterocycles. The van der Waals surface area contributed by atoms with E-state index in [2.05, 4.69) is 10.4 Å². The lowest BCUT2D eigenvalue weighted by atomic mass is 10.1. The lowest BCUT2D eigenvalue weighted by Gasteiger charge is -2.23. The van der Waals surface area contributed by atoms with Crippen LogP contribution in [0.1, 0.15) is 65.3 Å². The summed E-state index contributed by atoms with van der Waals surface area (Å²) in [4.78, 5) is 13.2. The van der Waals surface area contributed by atoms with E-state index in [4.69, 9.17) is 15.2 Å². The molecular weight excluding hydrogens is 444 g/mol. The third-order valence-electron chi connectivity index (χ3n) is 5.77. The summed E-state index contributed by atoms with van der Waals surface area (Å²) in [7, 11) is 0. The second kappa shape index (κ2) is 9.78. The number of benzene rings is 1. The first-order chi connectivity index (χ1) is 15.8. The van der Waals surface area contributed by atoms with Crippen LogP contribution in [0.15, 0.2) is 18.2 Å². The lowest BCUT2D eigenvalue weighted by Crippen LogP contribution is -2.29. The average molecular weight is 470 g/mol. The van der Waals surface area contributed by atoms with Crippen LogP contribution in [0.3, 0.4) is 0 Å². The first kappa shape index (κ1) is 23.7. The van der Waals surface area contributed by atoms with Gasteiger partial charge in [0, 0.05) is 23.8 Å². The van der Waals surface area contributed by atoms with Crippen molar-refractivity contribution in [1.82, 2.24) is 9.78 Å². The molecule has 0 spiro atoms. The Morgan fingerprint density at radius 2 is 2.06 bits per heavy atom. The van der Waals surface area contributed by atoms with Gasteiger partial charge in [-0.2, -0.15) is 18.3 Å². The number of nitrogens with zero attached hydrogens (tertiary/aromatic N) is 2. The number of carbonyl (C=O) groups excluding carboxylic acids is 1. The monoisotopic (exact) mass is 470 g/mol. The number of nitrogens with two attached hydrogens (primary N) is 1. The standard InChI is InChI=1S/C22H26F4N4O3/c23-17-7-6-15(9-14(17)11-32-12-27)28-21(31)20-18(22(24,25)26)19(13-4-5-13)29-30(20)10-16-3-1-2-8-33-16/h6-7,9,13,16H,1-5,8,10-12,27H2,(H,28,31). The number of anilines is 1. The molecule has 1 aliphatic carbocycles. The zero-order valence-electron chi connectivity index (χ0n) is 18.0. The van der Waals surface area contributed by atoms with Crippen molar-refractivity contribution in [3.05, 3.63) is 46.5 Å². The minimum atomic E-state index is -4.75. The predicted octanol–water partition coefficient (Wildman–Crippen LogP) is 4.17. The highest BCUT2D eigenvalue weighted by atomic mass is 19.4. The van der Waals surface area contributed by atoms with Crippen molar-refractivity contribution in [2.75, 3.05) is 18.7 Å². The minimum Gasteiger partial charge on any atom is -0.376 e. The number of ether oxygens (including phenoxy) is 2. The van der Waals surface area contributed by atoms with Gasteiger partial charge in [0.25, 0.3) is 5.91 Å². The molecular formula is C22H26F4N4O3. The van der Waals surface area contributed by atoms with Gasteiger partial charge in [-0.1, -0.05) is 0 Å². The Bertz CT molecular complexity index is 998. The molecule has 1 amide bonds. The zero-order valence-corrected chi connectivity index (χ0v) is 18.0. The van der Waals surface area contributed by atoms with Crippen LogP contribution >= 0.6 is 0 Å². The van der Waals surface area contributed by atoms with Gasteiger partial charge in [-0.3, -0.25) is 9.48 Å². The molecule has 1 aromatic heterocycles. The zero-order chi connectivity index (χ0) is 23.6. The van der Waals surface area contributed by atoms with E-state index in [1.165, 1.54) is 12.1 Å². The fourth-order valence-corrected chi connectivity index (χ4v) is 4.03. The van der Waals surface area contributed by atoms with Crippen molar-refractivity contribution in [2.45, 2.75) is 63.5 Å². The molecule has 1 saturated carbocycles. The van der Waals surface area contributed by atoms with Gasteiger partial charge >= 0.3 is 6.18 Å².